The average Bonchev–Trinajstić information content (AvgIpc) is 2.86. The number of hydrogen-bond acceptors (Lipinski definition) is 4. The van der Waals surface area contributed by atoms with Gasteiger partial charge >= 0.3 is 0 Å². The molecule has 5 nitrogen and oxygen atoms in total. The van der Waals surface area contributed by atoms with E-state index in [9.17, 15) is 0 Å². The molecule has 0 bridgehead atoms. The molecule has 5 heteroatoms. The number of benzene rings is 1. The van der Waals surface area contributed by atoms with Crippen LogP contribution in [0.2, 0.25) is 0 Å². The van der Waals surface area contributed by atoms with E-state index in [4.69, 9.17) is 0 Å². The highest BCUT2D eigenvalue weighted by Crippen LogP contribution is 2.28. The zero-order valence-corrected chi connectivity index (χ0v) is 11.0. The molecule has 0 radical (unpaired) electrons. The molecule has 0 aliphatic heterocycles. The van der Waals surface area contributed by atoms with E-state index in [-0.39, 0.29) is 0 Å². The lowest BCUT2D eigenvalue weighted by Crippen LogP contribution is -2.04. The van der Waals surface area contributed by atoms with Gasteiger partial charge in [0.15, 0.2) is 11.6 Å². The second-order valence-electron chi connectivity index (χ2n) is 4.33. The number of imidazole rings is 1. The number of rotatable bonds is 3. The average molecular weight is 253 g/mol. The molecule has 96 valence electrons. The standard InChI is InChI=1S/C14H15N5/c1-3-15-13-11-7-5-4-6-10(11)12(17-18-13)14-16-8-9-19(14)2/h4-9H,3H2,1-2H3,(H,15,18). The van der Waals surface area contributed by atoms with Gasteiger partial charge in [-0.25, -0.2) is 4.98 Å². The van der Waals surface area contributed by atoms with Gasteiger partial charge in [-0.15, -0.1) is 10.2 Å². The number of aromatic nitrogens is 4. The largest absolute Gasteiger partial charge is 0.368 e. The van der Waals surface area contributed by atoms with Crippen LogP contribution in [0.3, 0.4) is 0 Å². The van der Waals surface area contributed by atoms with Crippen molar-refractivity contribution in [1.29, 1.82) is 0 Å². The predicted molar refractivity (Wildman–Crippen MR) is 75.9 cm³/mol. The van der Waals surface area contributed by atoms with Crippen LogP contribution in [0.4, 0.5) is 5.82 Å². The minimum absolute atomic E-state index is 0.810. The van der Waals surface area contributed by atoms with Crippen LogP contribution in [0.1, 0.15) is 6.92 Å². The van der Waals surface area contributed by atoms with Crippen molar-refractivity contribution in [1.82, 2.24) is 19.7 Å². The fourth-order valence-corrected chi connectivity index (χ4v) is 2.16. The van der Waals surface area contributed by atoms with Gasteiger partial charge in [-0.05, 0) is 6.92 Å². The van der Waals surface area contributed by atoms with Crippen molar-refractivity contribution in [2.45, 2.75) is 6.92 Å². The van der Waals surface area contributed by atoms with Crippen molar-refractivity contribution < 1.29 is 0 Å². The van der Waals surface area contributed by atoms with Crippen LogP contribution in [-0.2, 0) is 7.05 Å². The Balaban J connectivity index is 2.28. The summed E-state index contributed by atoms with van der Waals surface area (Å²) in [6, 6.07) is 8.11. The summed E-state index contributed by atoms with van der Waals surface area (Å²) >= 11 is 0. The van der Waals surface area contributed by atoms with Gasteiger partial charge < -0.3 is 9.88 Å². The highest BCUT2D eigenvalue weighted by atomic mass is 15.2. The van der Waals surface area contributed by atoms with E-state index in [0.29, 0.717) is 0 Å². The molecule has 19 heavy (non-hydrogen) atoms. The monoisotopic (exact) mass is 253 g/mol. The van der Waals surface area contributed by atoms with Gasteiger partial charge in [-0.3, -0.25) is 0 Å². The van der Waals surface area contributed by atoms with Crippen LogP contribution < -0.4 is 5.32 Å². The zero-order chi connectivity index (χ0) is 13.2. The summed E-state index contributed by atoms with van der Waals surface area (Å²) in [7, 11) is 1.96. The molecular weight excluding hydrogens is 238 g/mol. The lowest BCUT2D eigenvalue weighted by molar-refractivity contribution is 0.908. The van der Waals surface area contributed by atoms with E-state index in [0.717, 1.165) is 34.7 Å². The summed E-state index contributed by atoms with van der Waals surface area (Å²) in [4.78, 5) is 4.35. The SMILES string of the molecule is CCNc1nnc(-c2nccn2C)c2ccccc12. The number of anilines is 1. The van der Waals surface area contributed by atoms with Gasteiger partial charge in [0.25, 0.3) is 0 Å². The van der Waals surface area contributed by atoms with Crippen LogP contribution in [0.25, 0.3) is 22.3 Å². The van der Waals surface area contributed by atoms with Gasteiger partial charge in [0.05, 0.1) is 0 Å². The van der Waals surface area contributed by atoms with Crippen LogP contribution in [0.5, 0.6) is 0 Å². The van der Waals surface area contributed by atoms with Crippen LogP contribution in [0, 0.1) is 0 Å². The molecular formula is C14H15N5. The Hall–Kier alpha value is -2.43. The first-order valence-corrected chi connectivity index (χ1v) is 6.28. The lowest BCUT2D eigenvalue weighted by atomic mass is 10.1. The molecule has 0 fully saturated rings. The number of nitrogens with zero attached hydrogens (tertiary/aromatic N) is 4. The minimum Gasteiger partial charge on any atom is -0.368 e. The minimum atomic E-state index is 0.810. The Labute approximate surface area is 111 Å². The predicted octanol–water partition coefficient (Wildman–Crippen LogP) is 2.46. The van der Waals surface area contributed by atoms with Gasteiger partial charge in [-0.2, -0.15) is 0 Å². The van der Waals surface area contributed by atoms with Crippen molar-refractivity contribution in [3.63, 3.8) is 0 Å². The molecule has 3 aromatic rings. The lowest BCUT2D eigenvalue weighted by Gasteiger charge is -2.09. The third-order valence-electron chi connectivity index (χ3n) is 3.06. The van der Waals surface area contributed by atoms with Gasteiger partial charge in [-0.1, -0.05) is 24.3 Å². The third-order valence-corrected chi connectivity index (χ3v) is 3.06. The quantitative estimate of drug-likeness (QED) is 0.779. The van der Waals surface area contributed by atoms with Crippen LogP contribution in [0.15, 0.2) is 36.7 Å². The van der Waals surface area contributed by atoms with E-state index < -0.39 is 0 Å². The van der Waals surface area contributed by atoms with E-state index in [1.807, 2.05) is 36.9 Å². The normalized spacial score (nSPS) is 10.8. The molecule has 2 heterocycles. The molecule has 1 aromatic carbocycles. The molecule has 1 N–H and O–H groups in total. The van der Waals surface area contributed by atoms with Crippen molar-refractivity contribution in [2.75, 3.05) is 11.9 Å². The second kappa shape index (κ2) is 4.68. The van der Waals surface area contributed by atoms with Crippen LogP contribution >= 0.6 is 0 Å². The smallest absolute Gasteiger partial charge is 0.160 e. The molecule has 0 aliphatic carbocycles. The van der Waals surface area contributed by atoms with Gasteiger partial charge in [0.2, 0.25) is 0 Å². The number of aryl methyl sites for hydroxylation is 1. The fraction of sp³-hybridized carbons (Fsp3) is 0.214. The van der Waals surface area contributed by atoms with E-state index in [1.54, 1.807) is 6.20 Å². The Morgan fingerprint density at radius 2 is 1.95 bits per heavy atom. The Morgan fingerprint density at radius 3 is 2.63 bits per heavy atom. The molecule has 0 saturated carbocycles. The summed E-state index contributed by atoms with van der Waals surface area (Å²) < 4.78 is 1.95. The molecule has 2 aromatic heterocycles. The number of hydrogen-bond donors (Lipinski definition) is 1. The maximum atomic E-state index is 4.35. The first kappa shape index (κ1) is 11.6. The van der Waals surface area contributed by atoms with Crippen LogP contribution in [-0.4, -0.2) is 26.3 Å². The summed E-state index contributed by atoms with van der Waals surface area (Å²) in [5, 5.41) is 14.0. The van der Waals surface area contributed by atoms with E-state index in [2.05, 4.69) is 32.6 Å². The van der Waals surface area contributed by atoms with Crippen molar-refractivity contribution in [2.24, 2.45) is 7.05 Å². The van der Waals surface area contributed by atoms with Gasteiger partial charge in [0.1, 0.15) is 5.69 Å². The van der Waals surface area contributed by atoms with E-state index in [1.165, 1.54) is 0 Å². The number of nitrogens with one attached hydrogen (secondary N) is 1. The molecule has 0 aliphatic rings. The summed E-state index contributed by atoms with van der Waals surface area (Å²) in [5.74, 6) is 1.64. The molecule has 0 saturated heterocycles. The molecule has 3 rings (SSSR count). The molecule has 0 atom stereocenters. The zero-order valence-electron chi connectivity index (χ0n) is 11.0. The summed E-state index contributed by atoms with van der Waals surface area (Å²) in [6.45, 7) is 2.86. The first-order valence-electron chi connectivity index (χ1n) is 6.28. The third kappa shape index (κ3) is 1.93. The Kier molecular flexibility index (Phi) is 2.87. The van der Waals surface area contributed by atoms with Gasteiger partial charge in [0, 0.05) is 36.8 Å². The molecule has 0 spiro atoms. The van der Waals surface area contributed by atoms with Crippen molar-refractivity contribution in [3.05, 3.63) is 36.7 Å². The Morgan fingerprint density at radius 1 is 1.16 bits per heavy atom. The first-order chi connectivity index (χ1) is 9.31. The van der Waals surface area contributed by atoms with Crippen molar-refractivity contribution in [3.8, 4) is 11.5 Å². The Bertz CT molecular complexity index is 717. The summed E-state index contributed by atoms with van der Waals surface area (Å²) in [5.41, 5.74) is 0.810. The fourth-order valence-electron chi connectivity index (χ4n) is 2.16. The maximum absolute atomic E-state index is 4.35. The summed E-state index contributed by atoms with van der Waals surface area (Å²) in [6.07, 6.45) is 3.67. The van der Waals surface area contributed by atoms with E-state index >= 15 is 0 Å². The topological polar surface area (TPSA) is 55.6 Å². The van der Waals surface area contributed by atoms with Crippen molar-refractivity contribution >= 4 is 16.6 Å². The maximum Gasteiger partial charge on any atom is 0.160 e. The number of fused-ring (bicyclic) bond motifs is 1. The molecule has 0 amide bonds. The second-order valence-corrected chi connectivity index (χ2v) is 4.33. The highest BCUT2D eigenvalue weighted by Gasteiger charge is 2.13. The highest BCUT2D eigenvalue weighted by molar-refractivity contribution is 5.99. The molecule has 0 unspecified atom stereocenters.